The number of hydrogen-bond acceptors (Lipinski definition) is 3. The number of hydrogen-bond donors (Lipinski definition) is 0. The third kappa shape index (κ3) is 5.34. The number of para-hydroxylation sites is 2. The molecule has 3 heteroatoms. The summed E-state index contributed by atoms with van der Waals surface area (Å²) < 4.78 is 6.60. The molecule has 0 saturated carbocycles. The van der Waals surface area contributed by atoms with Gasteiger partial charge in [-0.05, 0) is 117 Å². The van der Waals surface area contributed by atoms with Gasteiger partial charge in [-0.15, -0.1) is 0 Å². The van der Waals surface area contributed by atoms with Crippen LogP contribution in [0.2, 0.25) is 0 Å². The Bertz CT molecular complexity index is 3520. The van der Waals surface area contributed by atoms with Crippen LogP contribution in [0.25, 0.3) is 55.3 Å². The first-order chi connectivity index (χ1) is 31.8. The summed E-state index contributed by atoms with van der Waals surface area (Å²) >= 11 is 0. The first-order valence-electron chi connectivity index (χ1n) is 22.0. The van der Waals surface area contributed by atoms with E-state index < -0.39 is 5.41 Å². The maximum Gasteiger partial charge on any atom is 0.137 e. The first-order valence-corrected chi connectivity index (χ1v) is 22.0. The van der Waals surface area contributed by atoms with Crippen molar-refractivity contribution in [2.24, 2.45) is 0 Å². The molecular weight excluding hydrogens is 777 g/mol. The van der Waals surface area contributed by atoms with E-state index >= 15 is 0 Å². The van der Waals surface area contributed by atoms with E-state index in [4.69, 9.17) is 4.42 Å². The Morgan fingerprint density at radius 2 is 0.781 bits per heavy atom. The van der Waals surface area contributed by atoms with Gasteiger partial charge in [-0.1, -0.05) is 170 Å². The van der Waals surface area contributed by atoms with E-state index in [1.807, 2.05) is 6.07 Å². The van der Waals surface area contributed by atoms with E-state index in [2.05, 4.69) is 246 Å². The van der Waals surface area contributed by atoms with Gasteiger partial charge in [0.05, 0.1) is 11.1 Å². The quantitative estimate of drug-likeness (QED) is 0.160. The molecule has 2 aliphatic carbocycles. The van der Waals surface area contributed by atoms with Crippen molar-refractivity contribution in [3.05, 3.63) is 265 Å². The Balaban J connectivity index is 1.05. The number of benzene rings is 10. The van der Waals surface area contributed by atoms with Gasteiger partial charge in [-0.3, -0.25) is 0 Å². The van der Waals surface area contributed by atoms with E-state index in [0.29, 0.717) is 0 Å². The molecule has 13 rings (SSSR count). The third-order valence-electron chi connectivity index (χ3n) is 13.5. The lowest BCUT2D eigenvalue weighted by Crippen LogP contribution is -2.26. The minimum atomic E-state index is -0.471. The number of anilines is 6. The molecule has 64 heavy (non-hydrogen) atoms. The summed E-state index contributed by atoms with van der Waals surface area (Å²) in [6, 6.07) is 88.1. The van der Waals surface area contributed by atoms with Crippen molar-refractivity contribution in [1.82, 2.24) is 0 Å². The van der Waals surface area contributed by atoms with E-state index in [1.54, 1.807) is 0 Å². The second-order valence-electron chi connectivity index (χ2n) is 16.8. The molecule has 1 heterocycles. The molecule has 0 aliphatic heterocycles. The molecule has 300 valence electrons. The fourth-order valence-corrected chi connectivity index (χ4v) is 10.8. The summed E-state index contributed by atoms with van der Waals surface area (Å²) in [5.74, 6) is 0. The highest BCUT2D eigenvalue weighted by atomic mass is 16.3. The maximum atomic E-state index is 6.60. The molecule has 3 nitrogen and oxygen atoms in total. The molecular formula is C61H40N2O. The monoisotopic (exact) mass is 816 g/mol. The van der Waals surface area contributed by atoms with Gasteiger partial charge in [-0.25, -0.2) is 0 Å². The van der Waals surface area contributed by atoms with Crippen molar-refractivity contribution in [3.8, 4) is 33.4 Å². The Morgan fingerprint density at radius 3 is 1.52 bits per heavy atom. The minimum absolute atomic E-state index is 0.471. The second kappa shape index (κ2) is 14.3. The largest absolute Gasteiger partial charge is 0.456 e. The zero-order chi connectivity index (χ0) is 42.2. The second-order valence-corrected chi connectivity index (χ2v) is 16.8. The van der Waals surface area contributed by atoms with Gasteiger partial charge in [-0.2, -0.15) is 0 Å². The standard InChI is InChI=1S/C61H40N2O/c1-3-17-41(18-4-1)42-33-35-44(36-34-42)62(43-19-5-2-6-20-43)45-21-15-22-46(39-45)63(47-37-38-51-50-25-10-14-32-58(50)64-59(51)40-47)57-31-16-30-56-60(57)52-26-9-13-29-55(52)61(56)53-27-11-7-23-48(53)49-24-8-12-28-54(49)61/h1-40H. The summed E-state index contributed by atoms with van der Waals surface area (Å²) in [5.41, 5.74) is 20.3. The molecule has 0 amide bonds. The molecule has 0 N–H and O–H groups in total. The summed E-state index contributed by atoms with van der Waals surface area (Å²) in [7, 11) is 0. The number of fused-ring (bicyclic) bond motifs is 13. The normalized spacial score (nSPS) is 12.8. The topological polar surface area (TPSA) is 19.6 Å². The van der Waals surface area contributed by atoms with Crippen molar-refractivity contribution in [2.75, 3.05) is 9.80 Å². The number of nitrogens with zero attached hydrogens (tertiary/aromatic N) is 2. The van der Waals surface area contributed by atoms with Crippen LogP contribution in [0.1, 0.15) is 22.3 Å². The first kappa shape index (κ1) is 36.3. The predicted octanol–water partition coefficient (Wildman–Crippen LogP) is 16.5. The van der Waals surface area contributed by atoms with Crippen molar-refractivity contribution < 1.29 is 4.42 Å². The van der Waals surface area contributed by atoms with Crippen LogP contribution in [0.3, 0.4) is 0 Å². The summed E-state index contributed by atoms with van der Waals surface area (Å²) in [6.07, 6.45) is 0. The lowest BCUT2D eigenvalue weighted by atomic mass is 9.70. The summed E-state index contributed by atoms with van der Waals surface area (Å²) in [5, 5.41) is 2.22. The highest BCUT2D eigenvalue weighted by Gasteiger charge is 2.52. The Hall–Kier alpha value is -8.40. The van der Waals surface area contributed by atoms with Crippen molar-refractivity contribution in [2.45, 2.75) is 5.41 Å². The zero-order valence-corrected chi connectivity index (χ0v) is 34.9. The molecule has 1 spiro atoms. The van der Waals surface area contributed by atoms with Gasteiger partial charge in [0.2, 0.25) is 0 Å². The van der Waals surface area contributed by atoms with Crippen LogP contribution in [0, 0.1) is 0 Å². The van der Waals surface area contributed by atoms with Crippen LogP contribution in [0.5, 0.6) is 0 Å². The molecule has 0 saturated heterocycles. The number of rotatable bonds is 7. The fraction of sp³-hybridized carbons (Fsp3) is 0.0164. The van der Waals surface area contributed by atoms with Crippen LogP contribution in [-0.4, -0.2) is 0 Å². The van der Waals surface area contributed by atoms with E-state index in [-0.39, 0.29) is 0 Å². The van der Waals surface area contributed by atoms with Crippen LogP contribution in [0.4, 0.5) is 34.1 Å². The molecule has 10 aromatic carbocycles. The van der Waals surface area contributed by atoms with Gasteiger partial charge < -0.3 is 14.2 Å². The molecule has 11 aromatic rings. The Kier molecular flexibility index (Phi) is 8.13. The maximum absolute atomic E-state index is 6.60. The van der Waals surface area contributed by atoms with Gasteiger partial charge in [0.25, 0.3) is 0 Å². The molecule has 0 fully saturated rings. The van der Waals surface area contributed by atoms with Gasteiger partial charge in [0, 0.05) is 50.8 Å². The average molecular weight is 817 g/mol. The molecule has 0 unspecified atom stereocenters. The Morgan fingerprint density at radius 1 is 0.297 bits per heavy atom. The Labute approximate surface area is 372 Å². The van der Waals surface area contributed by atoms with Crippen LogP contribution < -0.4 is 9.80 Å². The smallest absolute Gasteiger partial charge is 0.137 e. The van der Waals surface area contributed by atoms with Crippen LogP contribution in [-0.2, 0) is 5.41 Å². The SMILES string of the molecule is c1ccc(-c2ccc(N(c3ccccc3)c3cccc(N(c4ccc5c(c4)oc4ccccc45)c4cccc5c4-c4ccccc4C54c5ccccc5-c5ccccc54)c3)cc2)cc1. The minimum Gasteiger partial charge on any atom is -0.456 e. The summed E-state index contributed by atoms with van der Waals surface area (Å²) in [4.78, 5) is 4.80. The number of furan rings is 1. The molecule has 1 aromatic heterocycles. The van der Waals surface area contributed by atoms with Gasteiger partial charge in [0.1, 0.15) is 11.2 Å². The third-order valence-corrected chi connectivity index (χ3v) is 13.5. The molecule has 2 aliphatic rings. The lowest BCUT2D eigenvalue weighted by Gasteiger charge is -2.32. The van der Waals surface area contributed by atoms with Crippen LogP contribution in [0.15, 0.2) is 247 Å². The molecule has 0 atom stereocenters. The van der Waals surface area contributed by atoms with Crippen LogP contribution >= 0.6 is 0 Å². The predicted molar refractivity (Wildman–Crippen MR) is 265 cm³/mol. The van der Waals surface area contributed by atoms with Crippen molar-refractivity contribution >= 4 is 56.1 Å². The van der Waals surface area contributed by atoms with E-state index in [9.17, 15) is 0 Å². The highest BCUT2D eigenvalue weighted by Crippen LogP contribution is 2.64. The van der Waals surface area contributed by atoms with E-state index in [0.717, 1.165) is 56.1 Å². The zero-order valence-electron chi connectivity index (χ0n) is 34.9. The molecule has 0 bridgehead atoms. The van der Waals surface area contributed by atoms with Crippen molar-refractivity contribution in [1.29, 1.82) is 0 Å². The lowest BCUT2D eigenvalue weighted by molar-refractivity contribution is 0.669. The fourth-order valence-electron chi connectivity index (χ4n) is 10.8. The van der Waals surface area contributed by atoms with Crippen molar-refractivity contribution in [3.63, 3.8) is 0 Å². The van der Waals surface area contributed by atoms with Gasteiger partial charge in [0.15, 0.2) is 0 Å². The van der Waals surface area contributed by atoms with Gasteiger partial charge >= 0.3 is 0 Å². The summed E-state index contributed by atoms with van der Waals surface area (Å²) in [6.45, 7) is 0. The highest BCUT2D eigenvalue weighted by molar-refractivity contribution is 6.07. The van der Waals surface area contributed by atoms with E-state index in [1.165, 1.54) is 55.6 Å². The molecule has 0 radical (unpaired) electrons. The average Bonchev–Trinajstić information content (AvgIpc) is 3.99.